The van der Waals surface area contributed by atoms with Crippen molar-refractivity contribution < 1.29 is 4.79 Å². The van der Waals surface area contributed by atoms with Crippen LogP contribution in [0.2, 0.25) is 0 Å². The third kappa shape index (κ3) is 4.67. The summed E-state index contributed by atoms with van der Waals surface area (Å²) in [7, 11) is 0. The van der Waals surface area contributed by atoms with E-state index >= 15 is 0 Å². The van der Waals surface area contributed by atoms with E-state index in [0.717, 1.165) is 26.7 Å². The average molecular weight is 445 g/mol. The second-order valence-corrected chi connectivity index (χ2v) is 7.28. The van der Waals surface area contributed by atoms with Crippen molar-refractivity contribution in [1.29, 1.82) is 0 Å². The standard InChI is InChI=1S/C23H17BrN4O/c24-20-12-6-16(7-13-20)15-25-28-23(29)22-14-21(26-27-22)19-10-8-18(9-11-19)17-4-2-1-3-5-17/h1-15H,(H,26,27)(H,28,29). The number of nitrogens with one attached hydrogen (secondary N) is 2. The van der Waals surface area contributed by atoms with Gasteiger partial charge in [0.15, 0.2) is 0 Å². The number of aromatic amines is 1. The zero-order chi connectivity index (χ0) is 20.1. The number of benzene rings is 3. The fourth-order valence-corrected chi connectivity index (χ4v) is 3.09. The van der Waals surface area contributed by atoms with Crippen LogP contribution in [-0.4, -0.2) is 22.3 Å². The Balaban J connectivity index is 1.42. The molecule has 0 saturated carbocycles. The highest BCUT2D eigenvalue weighted by Gasteiger charge is 2.10. The van der Waals surface area contributed by atoms with Crippen LogP contribution >= 0.6 is 15.9 Å². The number of aromatic nitrogens is 2. The number of rotatable bonds is 5. The molecule has 142 valence electrons. The minimum atomic E-state index is -0.349. The Morgan fingerprint density at radius 2 is 1.55 bits per heavy atom. The summed E-state index contributed by atoms with van der Waals surface area (Å²) in [5.74, 6) is -0.349. The van der Waals surface area contributed by atoms with Gasteiger partial charge in [-0.15, -0.1) is 0 Å². The van der Waals surface area contributed by atoms with E-state index in [9.17, 15) is 4.79 Å². The molecule has 1 aromatic heterocycles. The van der Waals surface area contributed by atoms with Crippen molar-refractivity contribution in [1.82, 2.24) is 15.6 Å². The molecule has 1 amide bonds. The number of hydrogen-bond donors (Lipinski definition) is 2. The van der Waals surface area contributed by atoms with Gasteiger partial charge in [0.25, 0.3) is 5.91 Å². The molecule has 0 bridgehead atoms. The Labute approximate surface area is 176 Å². The van der Waals surface area contributed by atoms with Crippen LogP contribution in [0.1, 0.15) is 16.1 Å². The lowest BCUT2D eigenvalue weighted by Crippen LogP contribution is -2.17. The predicted molar refractivity (Wildman–Crippen MR) is 119 cm³/mol. The summed E-state index contributed by atoms with van der Waals surface area (Å²) in [5.41, 5.74) is 7.66. The van der Waals surface area contributed by atoms with Crippen molar-refractivity contribution in [2.24, 2.45) is 5.10 Å². The van der Waals surface area contributed by atoms with Crippen molar-refractivity contribution in [2.75, 3.05) is 0 Å². The highest BCUT2D eigenvalue weighted by molar-refractivity contribution is 9.10. The van der Waals surface area contributed by atoms with Crippen LogP contribution in [0.4, 0.5) is 0 Å². The maximum absolute atomic E-state index is 12.3. The minimum Gasteiger partial charge on any atom is -0.272 e. The first-order valence-corrected chi connectivity index (χ1v) is 9.78. The number of carbonyl (C=O) groups excluding carboxylic acids is 1. The van der Waals surface area contributed by atoms with Gasteiger partial charge < -0.3 is 0 Å². The lowest BCUT2D eigenvalue weighted by atomic mass is 10.0. The molecule has 2 N–H and O–H groups in total. The van der Waals surface area contributed by atoms with Gasteiger partial charge in [-0.05, 0) is 34.9 Å². The molecular formula is C23H17BrN4O. The molecule has 1 heterocycles. The summed E-state index contributed by atoms with van der Waals surface area (Å²) in [4.78, 5) is 12.3. The van der Waals surface area contributed by atoms with E-state index in [1.54, 1.807) is 12.3 Å². The van der Waals surface area contributed by atoms with Crippen LogP contribution in [0.25, 0.3) is 22.4 Å². The highest BCUT2D eigenvalue weighted by Crippen LogP contribution is 2.24. The first-order chi connectivity index (χ1) is 14.2. The maximum Gasteiger partial charge on any atom is 0.289 e. The Morgan fingerprint density at radius 1 is 0.897 bits per heavy atom. The smallest absolute Gasteiger partial charge is 0.272 e. The highest BCUT2D eigenvalue weighted by atomic mass is 79.9. The Hall–Kier alpha value is -3.51. The number of hydrazone groups is 1. The number of hydrogen-bond acceptors (Lipinski definition) is 3. The fourth-order valence-electron chi connectivity index (χ4n) is 2.82. The fraction of sp³-hybridized carbons (Fsp3) is 0. The van der Waals surface area contributed by atoms with Gasteiger partial charge in [0.05, 0.1) is 11.9 Å². The molecule has 6 heteroatoms. The number of halogens is 1. The van der Waals surface area contributed by atoms with Crippen molar-refractivity contribution >= 4 is 28.1 Å². The lowest BCUT2D eigenvalue weighted by molar-refractivity contribution is 0.0950. The topological polar surface area (TPSA) is 70.1 Å². The Bertz CT molecular complexity index is 1130. The first kappa shape index (κ1) is 18.8. The molecule has 0 spiro atoms. The third-order valence-electron chi connectivity index (χ3n) is 4.36. The lowest BCUT2D eigenvalue weighted by Gasteiger charge is -2.02. The van der Waals surface area contributed by atoms with Gasteiger partial charge in [0.1, 0.15) is 5.69 Å². The van der Waals surface area contributed by atoms with Crippen molar-refractivity contribution in [3.63, 3.8) is 0 Å². The molecule has 0 saturated heterocycles. The molecule has 0 fully saturated rings. The molecule has 4 rings (SSSR count). The SMILES string of the molecule is O=C(NN=Cc1ccc(Br)cc1)c1cc(-c2ccc(-c3ccccc3)cc2)n[nH]1. The molecule has 0 aliphatic carbocycles. The van der Waals surface area contributed by atoms with Crippen LogP contribution in [0, 0.1) is 0 Å². The van der Waals surface area contributed by atoms with Crippen molar-refractivity contribution in [2.45, 2.75) is 0 Å². The third-order valence-corrected chi connectivity index (χ3v) is 4.89. The van der Waals surface area contributed by atoms with E-state index in [0.29, 0.717) is 11.4 Å². The summed E-state index contributed by atoms with van der Waals surface area (Å²) in [6.07, 6.45) is 1.59. The minimum absolute atomic E-state index is 0.347. The number of H-pyrrole nitrogens is 1. The summed E-state index contributed by atoms with van der Waals surface area (Å²) < 4.78 is 0.987. The van der Waals surface area contributed by atoms with E-state index in [1.165, 1.54) is 0 Å². The second-order valence-electron chi connectivity index (χ2n) is 6.36. The number of amides is 1. The van der Waals surface area contributed by atoms with Gasteiger partial charge in [0, 0.05) is 10.0 Å². The molecule has 0 unspecified atom stereocenters. The molecule has 29 heavy (non-hydrogen) atoms. The summed E-state index contributed by atoms with van der Waals surface area (Å²) in [6, 6.07) is 27.6. The van der Waals surface area contributed by atoms with E-state index in [2.05, 4.69) is 48.8 Å². The van der Waals surface area contributed by atoms with Crippen LogP contribution in [0.3, 0.4) is 0 Å². The van der Waals surface area contributed by atoms with Gasteiger partial charge in [-0.3, -0.25) is 9.89 Å². The molecular weight excluding hydrogens is 428 g/mol. The summed E-state index contributed by atoms with van der Waals surface area (Å²) in [5, 5.41) is 11.0. The Morgan fingerprint density at radius 3 is 2.28 bits per heavy atom. The zero-order valence-electron chi connectivity index (χ0n) is 15.3. The molecule has 3 aromatic carbocycles. The molecule has 0 atom stereocenters. The van der Waals surface area contributed by atoms with Gasteiger partial charge in [-0.2, -0.15) is 10.2 Å². The number of nitrogens with zero attached hydrogens (tertiary/aromatic N) is 2. The quantitative estimate of drug-likeness (QED) is 0.325. The molecule has 4 aromatic rings. The first-order valence-electron chi connectivity index (χ1n) is 8.99. The van der Waals surface area contributed by atoms with Gasteiger partial charge in [0.2, 0.25) is 0 Å². The van der Waals surface area contributed by atoms with Crippen molar-refractivity contribution in [3.8, 4) is 22.4 Å². The van der Waals surface area contributed by atoms with Gasteiger partial charge in [-0.25, -0.2) is 5.43 Å². The largest absolute Gasteiger partial charge is 0.289 e. The number of carbonyl (C=O) groups is 1. The normalized spacial score (nSPS) is 10.9. The van der Waals surface area contributed by atoms with E-state index in [1.807, 2.05) is 66.7 Å². The van der Waals surface area contributed by atoms with Crippen molar-refractivity contribution in [3.05, 3.63) is 101 Å². The molecule has 5 nitrogen and oxygen atoms in total. The van der Waals surface area contributed by atoms with E-state index < -0.39 is 0 Å². The summed E-state index contributed by atoms with van der Waals surface area (Å²) >= 11 is 3.38. The monoisotopic (exact) mass is 444 g/mol. The second kappa shape index (κ2) is 8.67. The summed E-state index contributed by atoms with van der Waals surface area (Å²) in [6.45, 7) is 0. The van der Waals surface area contributed by atoms with Crippen LogP contribution in [0.15, 0.2) is 94.5 Å². The van der Waals surface area contributed by atoms with Gasteiger partial charge >= 0.3 is 0 Å². The maximum atomic E-state index is 12.3. The Kier molecular flexibility index (Phi) is 5.63. The predicted octanol–water partition coefficient (Wildman–Crippen LogP) is 5.27. The van der Waals surface area contributed by atoms with E-state index in [4.69, 9.17) is 0 Å². The van der Waals surface area contributed by atoms with E-state index in [-0.39, 0.29) is 5.91 Å². The van der Waals surface area contributed by atoms with Gasteiger partial charge in [-0.1, -0.05) is 82.7 Å². The molecule has 0 radical (unpaired) electrons. The van der Waals surface area contributed by atoms with Crippen LogP contribution in [0.5, 0.6) is 0 Å². The molecule has 0 aliphatic heterocycles. The average Bonchev–Trinajstić information content (AvgIpc) is 3.26. The van der Waals surface area contributed by atoms with Crippen LogP contribution < -0.4 is 5.43 Å². The van der Waals surface area contributed by atoms with Crippen LogP contribution in [-0.2, 0) is 0 Å². The molecule has 0 aliphatic rings. The zero-order valence-corrected chi connectivity index (χ0v) is 16.9.